The third-order valence-electron chi connectivity index (χ3n) is 5.95. The van der Waals surface area contributed by atoms with Crippen molar-refractivity contribution in [2.75, 3.05) is 13.2 Å². The lowest BCUT2D eigenvalue weighted by molar-refractivity contribution is -0.170. The van der Waals surface area contributed by atoms with Gasteiger partial charge < -0.3 is 19.2 Å². The second-order valence-electron chi connectivity index (χ2n) is 7.87. The summed E-state index contributed by atoms with van der Waals surface area (Å²) in [6.07, 6.45) is 3.56. The molecule has 1 fully saturated rings. The van der Waals surface area contributed by atoms with E-state index in [2.05, 4.69) is 32.2 Å². The molecule has 0 saturated carbocycles. The van der Waals surface area contributed by atoms with Crippen molar-refractivity contribution in [3.63, 3.8) is 0 Å². The fraction of sp³-hybridized carbons (Fsp3) is 0.650. The molecular formula is C20H29NO4. The summed E-state index contributed by atoms with van der Waals surface area (Å²) >= 11 is 0. The Morgan fingerprint density at radius 1 is 1.44 bits per heavy atom. The standard InChI is InChI=1S/C20H29NO4/c1-12(2)21-19(22)25-11-20-10-24-18(16-7-6-8-23-16)17(15(20)5)13(3)9-14(20)4/h6-9,12,14-15,17-18H,10-11H2,1-5H3,(H,21,22)/t14-,15-,17+,18-,20+/m1/s1. The van der Waals surface area contributed by atoms with Crippen molar-refractivity contribution in [3.8, 4) is 0 Å². The highest BCUT2D eigenvalue weighted by atomic mass is 16.6. The van der Waals surface area contributed by atoms with E-state index in [4.69, 9.17) is 13.9 Å². The summed E-state index contributed by atoms with van der Waals surface area (Å²) in [5, 5.41) is 2.79. The summed E-state index contributed by atoms with van der Waals surface area (Å²) in [5.41, 5.74) is 1.12. The second kappa shape index (κ2) is 6.87. The lowest BCUT2D eigenvalue weighted by Gasteiger charge is -2.54. The molecule has 2 heterocycles. The van der Waals surface area contributed by atoms with Crippen LogP contribution in [0.4, 0.5) is 4.79 Å². The first kappa shape index (κ1) is 18.1. The Kier molecular flexibility index (Phi) is 4.96. The van der Waals surface area contributed by atoms with Crippen molar-refractivity contribution in [2.24, 2.45) is 23.2 Å². The summed E-state index contributed by atoms with van der Waals surface area (Å²) in [6.45, 7) is 11.4. The Morgan fingerprint density at radius 3 is 2.84 bits per heavy atom. The molecule has 0 radical (unpaired) electrons. The summed E-state index contributed by atoms with van der Waals surface area (Å²) < 4.78 is 17.5. The highest BCUT2D eigenvalue weighted by molar-refractivity contribution is 5.67. The molecule has 5 nitrogen and oxygen atoms in total. The molecule has 1 aliphatic carbocycles. The number of amides is 1. The number of allylic oxidation sites excluding steroid dienone is 1. The normalized spacial score (nSPS) is 34.6. The maximum atomic E-state index is 12.0. The number of furan rings is 1. The van der Waals surface area contributed by atoms with Crippen LogP contribution >= 0.6 is 0 Å². The molecule has 1 aromatic heterocycles. The zero-order valence-corrected chi connectivity index (χ0v) is 15.7. The van der Waals surface area contributed by atoms with Gasteiger partial charge in [0.05, 0.1) is 12.9 Å². The molecule has 0 unspecified atom stereocenters. The van der Waals surface area contributed by atoms with E-state index in [-0.39, 0.29) is 35.5 Å². The topological polar surface area (TPSA) is 60.7 Å². The number of hydrogen-bond acceptors (Lipinski definition) is 4. The van der Waals surface area contributed by atoms with Crippen molar-refractivity contribution in [2.45, 2.75) is 46.8 Å². The minimum absolute atomic E-state index is 0.0621. The van der Waals surface area contributed by atoms with Gasteiger partial charge in [0.25, 0.3) is 0 Å². The van der Waals surface area contributed by atoms with E-state index in [1.165, 1.54) is 5.57 Å². The van der Waals surface area contributed by atoms with E-state index < -0.39 is 0 Å². The summed E-state index contributed by atoms with van der Waals surface area (Å²) in [5.74, 6) is 1.70. The predicted octanol–water partition coefficient (Wildman–Crippen LogP) is 4.32. The van der Waals surface area contributed by atoms with Crippen molar-refractivity contribution in [3.05, 3.63) is 35.8 Å². The van der Waals surface area contributed by atoms with Gasteiger partial charge >= 0.3 is 6.09 Å². The molecular weight excluding hydrogens is 318 g/mol. The lowest BCUT2D eigenvalue weighted by atomic mass is 9.56. The number of nitrogens with one attached hydrogen (secondary N) is 1. The molecule has 1 aromatic rings. The molecule has 2 aliphatic rings. The van der Waals surface area contributed by atoms with Gasteiger partial charge in [-0.25, -0.2) is 4.79 Å². The average Bonchev–Trinajstić information content (AvgIpc) is 3.05. The molecule has 0 spiro atoms. The third kappa shape index (κ3) is 3.22. The molecule has 5 atom stereocenters. The fourth-order valence-corrected chi connectivity index (χ4v) is 4.44. The van der Waals surface area contributed by atoms with Gasteiger partial charge in [-0.15, -0.1) is 0 Å². The van der Waals surface area contributed by atoms with Crippen LogP contribution in [0, 0.1) is 23.2 Å². The van der Waals surface area contributed by atoms with E-state index in [0.717, 1.165) is 5.76 Å². The molecule has 1 saturated heterocycles. The number of rotatable bonds is 4. The first-order valence-corrected chi connectivity index (χ1v) is 9.12. The van der Waals surface area contributed by atoms with Gasteiger partial charge in [0.1, 0.15) is 18.5 Å². The van der Waals surface area contributed by atoms with Gasteiger partial charge in [-0.1, -0.05) is 25.5 Å². The molecule has 2 bridgehead atoms. The van der Waals surface area contributed by atoms with Gasteiger partial charge in [0.2, 0.25) is 0 Å². The van der Waals surface area contributed by atoms with Crippen LogP contribution in [0.1, 0.15) is 46.5 Å². The number of fused-ring (bicyclic) bond motifs is 2. The number of ether oxygens (including phenoxy) is 2. The Balaban J connectivity index is 1.82. The molecule has 1 amide bonds. The third-order valence-corrected chi connectivity index (χ3v) is 5.95. The van der Waals surface area contributed by atoms with Gasteiger partial charge in [-0.05, 0) is 44.7 Å². The smallest absolute Gasteiger partial charge is 0.407 e. The highest BCUT2D eigenvalue weighted by Crippen LogP contribution is 2.56. The van der Waals surface area contributed by atoms with E-state index in [1.54, 1.807) is 6.26 Å². The van der Waals surface area contributed by atoms with Crippen LogP contribution in [0.15, 0.2) is 34.5 Å². The van der Waals surface area contributed by atoms with Crippen LogP contribution in [0.5, 0.6) is 0 Å². The summed E-state index contributed by atoms with van der Waals surface area (Å²) in [4.78, 5) is 12.0. The maximum absolute atomic E-state index is 12.0. The molecule has 1 N–H and O–H groups in total. The van der Waals surface area contributed by atoms with E-state index in [9.17, 15) is 4.79 Å². The highest BCUT2D eigenvalue weighted by Gasteiger charge is 2.55. The van der Waals surface area contributed by atoms with Crippen molar-refractivity contribution < 1.29 is 18.7 Å². The van der Waals surface area contributed by atoms with Crippen molar-refractivity contribution in [1.29, 1.82) is 0 Å². The van der Waals surface area contributed by atoms with Crippen LogP contribution in [-0.4, -0.2) is 25.3 Å². The van der Waals surface area contributed by atoms with Gasteiger partial charge in [0, 0.05) is 17.4 Å². The zero-order chi connectivity index (χ0) is 18.2. The Labute approximate surface area is 149 Å². The summed E-state index contributed by atoms with van der Waals surface area (Å²) in [7, 11) is 0. The van der Waals surface area contributed by atoms with Crippen molar-refractivity contribution >= 4 is 6.09 Å². The molecule has 25 heavy (non-hydrogen) atoms. The first-order valence-electron chi connectivity index (χ1n) is 9.12. The molecule has 138 valence electrons. The van der Waals surface area contributed by atoms with E-state index in [0.29, 0.717) is 19.1 Å². The average molecular weight is 347 g/mol. The minimum Gasteiger partial charge on any atom is -0.467 e. The van der Waals surface area contributed by atoms with Crippen LogP contribution in [-0.2, 0) is 9.47 Å². The number of alkyl carbamates (subject to hydrolysis) is 1. The first-order chi connectivity index (χ1) is 11.8. The van der Waals surface area contributed by atoms with Crippen LogP contribution in [0.2, 0.25) is 0 Å². The van der Waals surface area contributed by atoms with Gasteiger partial charge in [0.15, 0.2) is 0 Å². The Morgan fingerprint density at radius 2 is 2.20 bits per heavy atom. The van der Waals surface area contributed by atoms with Crippen LogP contribution in [0.3, 0.4) is 0 Å². The van der Waals surface area contributed by atoms with Gasteiger partial charge in [-0.3, -0.25) is 0 Å². The van der Waals surface area contributed by atoms with E-state index in [1.807, 2.05) is 26.0 Å². The molecule has 5 heteroatoms. The molecule has 1 aliphatic heterocycles. The number of carbonyl (C=O) groups is 1. The molecule has 3 rings (SSSR count). The van der Waals surface area contributed by atoms with Crippen molar-refractivity contribution in [1.82, 2.24) is 5.32 Å². The predicted molar refractivity (Wildman–Crippen MR) is 95.0 cm³/mol. The quantitative estimate of drug-likeness (QED) is 0.824. The SMILES string of the molecule is CC1=C[C@@H](C)[C@@]2(COC(=O)NC(C)C)CO[C@H](c3ccco3)[C@@H]1[C@H]2C. The monoisotopic (exact) mass is 347 g/mol. The Hall–Kier alpha value is -1.75. The summed E-state index contributed by atoms with van der Waals surface area (Å²) in [6, 6.07) is 3.93. The molecule has 0 aromatic carbocycles. The largest absolute Gasteiger partial charge is 0.467 e. The Bertz CT molecular complexity index is 636. The van der Waals surface area contributed by atoms with Crippen LogP contribution < -0.4 is 5.32 Å². The zero-order valence-electron chi connectivity index (χ0n) is 15.7. The van der Waals surface area contributed by atoms with E-state index >= 15 is 0 Å². The second-order valence-corrected chi connectivity index (χ2v) is 7.87. The van der Waals surface area contributed by atoms with Gasteiger partial charge in [-0.2, -0.15) is 0 Å². The maximum Gasteiger partial charge on any atom is 0.407 e. The number of hydrogen-bond donors (Lipinski definition) is 1. The van der Waals surface area contributed by atoms with Crippen LogP contribution in [0.25, 0.3) is 0 Å². The fourth-order valence-electron chi connectivity index (χ4n) is 4.44. The number of carbonyl (C=O) groups excluding carboxylic acids is 1. The minimum atomic E-state index is -0.361. The lowest BCUT2D eigenvalue weighted by Crippen LogP contribution is -2.54.